The van der Waals surface area contributed by atoms with Gasteiger partial charge in [0.1, 0.15) is 29.1 Å². The number of rotatable bonds is 5. The summed E-state index contributed by atoms with van der Waals surface area (Å²) < 4.78 is 16.4. The van der Waals surface area contributed by atoms with Gasteiger partial charge < -0.3 is 19.1 Å². The third kappa shape index (κ3) is 3.42. The molecule has 0 spiro atoms. The summed E-state index contributed by atoms with van der Waals surface area (Å²) in [5, 5.41) is 8.89. The van der Waals surface area contributed by atoms with Crippen molar-refractivity contribution in [3.05, 3.63) is 47.7 Å². The van der Waals surface area contributed by atoms with Crippen LogP contribution in [0, 0.1) is 11.3 Å². The number of aromatic nitrogens is 1. The normalized spacial score (nSPS) is 13.6. The van der Waals surface area contributed by atoms with Crippen molar-refractivity contribution in [2.24, 2.45) is 0 Å². The van der Waals surface area contributed by atoms with E-state index in [9.17, 15) is 0 Å². The Bertz CT molecular complexity index is 829. The Kier molecular flexibility index (Phi) is 5.28. The van der Waals surface area contributed by atoms with Crippen LogP contribution in [0.2, 0.25) is 0 Å². The van der Waals surface area contributed by atoms with Gasteiger partial charge in [0.05, 0.1) is 32.5 Å². The first kappa shape index (κ1) is 17.6. The van der Waals surface area contributed by atoms with Gasteiger partial charge in [-0.05, 0) is 24.1 Å². The third-order valence-corrected chi connectivity index (χ3v) is 4.45. The van der Waals surface area contributed by atoms with Gasteiger partial charge in [0.25, 0.3) is 0 Å². The van der Waals surface area contributed by atoms with Crippen molar-refractivity contribution in [1.82, 2.24) is 4.98 Å². The average Bonchev–Trinajstić information content (AvgIpc) is 2.72. The largest absolute Gasteiger partial charge is 0.496 e. The summed E-state index contributed by atoms with van der Waals surface area (Å²) in [6, 6.07) is 9.50. The Balaban J connectivity index is 1.88. The van der Waals surface area contributed by atoms with E-state index >= 15 is 0 Å². The molecule has 0 N–H and O–H groups in total. The highest BCUT2D eigenvalue weighted by molar-refractivity contribution is 5.78. The Morgan fingerprint density at radius 3 is 2.27 bits per heavy atom. The van der Waals surface area contributed by atoms with Crippen LogP contribution in [0.3, 0.4) is 0 Å². The second-order valence-corrected chi connectivity index (χ2v) is 5.85. The van der Waals surface area contributed by atoms with Crippen molar-refractivity contribution in [3.8, 4) is 23.3 Å². The molecule has 0 bridgehead atoms. The molecule has 1 aromatic heterocycles. The van der Waals surface area contributed by atoms with Crippen LogP contribution in [0.5, 0.6) is 17.2 Å². The minimum absolute atomic E-state index is 0.565. The average molecular weight is 351 g/mol. The van der Waals surface area contributed by atoms with Crippen molar-refractivity contribution in [2.75, 3.05) is 39.3 Å². The van der Waals surface area contributed by atoms with Crippen LogP contribution in [0.4, 0.5) is 5.82 Å². The molecule has 0 atom stereocenters. The topological polar surface area (TPSA) is 67.6 Å². The molecule has 0 amide bonds. The van der Waals surface area contributed by atoms with E-state index in [1.165, 1.54) is 5.57 Å². The number of nitrogens with zero attached hydrogens (tertiary/aromatic N) is 3. The molecule has 1 aliphatic heterocycles. The maximum atomic E-state index is 8.89. The fourth-order valence-electron chi connectivity index (χ4n) is 3.07. The third-order valence-electron chi connectivity index (χ3n) is 4.45. The molecular formula is C20H21N3O3. The van der Waals surface area contributed by atoms with E-state index in [4.69, 9.17) is 19.5 Å². The van der Waals surface area contributed by atoms with Crippen molar-refractivity contribution < 1.29 is 14.2 Å². The molecule has 1 aromatic carbocycles. The van der Waals surface area contributed by atoms with Crippen LogP contribution in [-0.2, 0) is 0 Å². The van der Waals surface area contributed by atoms with Gasteiger partial charge in [-0.15, -0.1) is 0 Å². The second kappa shape index (κ2) is 7.79. The molecule has 1 aliphatic rings. The van der Waals surface area contributed by atoms with E-state index in [0.29, 0.717) is 11.3 Å². The predicted molar refractivity (Wildman–Crippen MR) is 99.9 cm³/mol. The number of benzene rings is 1. The van der Waals surface area contributed by atoms with E-state index in [2.05, 4.69) is 22.0 Å². The van der Waals surface area contributed by atoms with Crippen LogP contribution in [0.15, 0.2) is 36.5 Å². The lowest BCUT2D eigenvalue weighted by atomic mass is 9.97. The first-order valence-corrected chi connectivity index (χ1v) is 8.30. The van der Waals surface area contributed by atoms with E-state index in [1.54, 1.807) is 33.6 Å². The Hall–Kier alpha value is -3.20. The number of methoxy groups -OCH3 is 3. The summed E-state index contributed by atoms with van der Waals surface area (Å²) in [6.07, 6.45) is 4.60. The minimum Gasteiger partial charge on any atom is -0.496 e. The van der Waals surface area contributed by atoms with E-state index in [1.807, 2.05) is 18.2 Å². The number of hydrogen-bond acceptors (Lipinski definition) is 6. The van der Waals surface area contributed by atoms with Crippen molar-refractivity contribution in [1.29, 1.82) is 5.26 Å². The van der Waals surface area contributed by atoms with Gasteiger partial charge in [0, 0.05) is 31.4 Å². The summed E-state index contributed by atoms with van der Waals surface area (Å²) in [4.78, 5) is 6.54. The molecule has 0 unspecified atom stereocenters. The molecule has 0 fully saturated rings. The lowest BCUT2D eigenvalue weighted by molar-refractivity contribution is 0.373. The zero-order chi connectivity index (χ0) is 18.5. The fraction of sp³-hybridized carbons (Fsp3) is 0.300. The zero-order valence-corrected chi connectivity index (χ0v) is 15.2. The monoisotopic (exact) mass is 351 g/mol. The Morgan fingerprint density at radius 1 is 1.08 bits per heavy atom. The molecule has 6 heteroatoms. The fourth-order valence-corrected chi connectivity index (χ4v) is 3.07. The summed E-state index contributed by atoms with van der Waals surface area (Å²) >= 11 is 0. The molecule has 0 saturated carbocycles. The van der Waals surface area contributed by atoms with E-state index in [0.717, 1.165) is 42.4 Å². The van der Waals surface area contributed by atoms with Crippen LogP contribution >= 0.6 is 0 Å². The van der Waals surface area contributed by atoms with Crippen molar-refractivity contribution >= 4 is 11.4 Å². The maximum Gasteiger partial charge on any atom is 0.133 e. The second-order valence-electron chi connectivity index (χ2n) is 5.85. The highest BCUT2D eigenvalue weighted by Gasteiger charge is 2.21. The smallest absolute Gasteiger partial charge is 0.133 e. The van der Waals surface area contributed by atoms with Gasteiger partial charge in [0.15, 0.2) is 0 Å². The van der Waals surface area contributed by atoms with Gasteiger partial charge in [-0.3, -0.25) is 0 Å². The highest BCUT2D eigenvalue weighted by atomic mass is 16.5. The molecule has 26 heavy (non-hydrogen) atoms. The molecule has 3 rings (SSSR count). The molecule has 6 nitrogen and oxygen atoms in total. The summed E-state index contributed by atoms with van der Waals surface area (Å²) in [6.45, 7) is 1.55. The molecule has 2 heterocycles. The standard InChI is InChI=1S/C20H21N3O3/c1-24-16-10-17(25-2)20(18(11-16)26-3)15-6-8-23(9-7-15)19-5-4-14(12-21)13-22-19/h4-6,10-11,13H,7-9H2,1-3H3. The SMILES string of the molecule is COc1cc(OC)c(C2=CCN(c3ccc(C#N)cn3)CC2)c(OC)c1. The number of nitriles is 1. The zero-order valence-electron chi connectivity index (χ0n) is 15.2. The highest BCUT2D eigenvalue weighted by Crippen LogP contribution is 2.41. The quantitative estimate of drug-likeness (QED) is 0.823. The molecular weight excluding hydrogens is 330 g/mol. The Morgan fingerprint density at radius 2 is 1.81 bits per heavy atom. The lowest BCUT2D eigenvalue weighted by Gasteiger charge is -2.28. The maximum absolute atomic E-state index is 8.89. The number of pyridine rings is 1. The Labute approximate surface area is 153 Å². The first-order chi connectivity index (χ1) is 12.7. The van der Waals surface area contributed by atoms with Gasteiger partial charge in [0.2, 0.25) is 0 Å². The van der Waals surface area contributed by atoms with E-state index < -0.39 is 0 Å². The molecule has 0 radical (unpaired) electrons. The van der Waals surface area contributed by atoms with Crippen LogP contribution in [0.1, 0.15) is 17.5 Å². The van der Waals surface area contributed by atoms with Crippen LogP contribution in [-0.4, -0.2) is 39.4 Å². The number of ether oxygens (including phenoxy) is 3. The van der Waals surface area contributed by atoms with E-state index in [-0.39, 0.29) is 0 Å². The van der Waals surface area contributed by atoms with Gasteiger partial charge in [-0.2, -0.15) is 5.26 Å². The number of hydrogen-bond donors (Lipinski definition) is 0. The summed E-state index contributed by atoms with van der Waals surface area (Å²) in [5.74, 6) is 3.03. The van der Waals surface area contributed by atoms with Crippen molar-refractivity contribution in [3.63, 3.8) is 0 Å². The lowest BCUT2D eigenvalue weighted by Crippen LogP contribution is -2.29. The predicted octanol–water partition coefficient (Wildman–Crippen LogP) is 3.27. The molecule has 134 valence electrons. The van der Waals surface area contributed by atoms with Crippen molar-refractivity contribution in [2.45, 2.75) is 6.42 Å². The molecule has 0 saturated heterocycles. The summed E-state index contributed by atoms with van der Waals surface area (Å²) in [7, 11) is 4.92. The van der Waals surface area contributed by atoms with Gasteiger partial charge >= 0.3 is 0 Å². The summed E-state index contributed by atoms with van der Waals surface area (Å²) in [5.41, 5.74) is 2.70. The number of anilines is 1. The minimum atomic E-state index is 0.565. The van der Waals surface area contributed by atoms with Crippen LogP contribution < -0.4 is 19.1 Å². The van der Waals surface area contributed by atoms with Crippen LogP contribution in [0.25, 0.3) is 5.57 Å². The van der Waals surface area contributed by atoms with Gasteiger partial charge in [-0.25, -0.2) is 4.98 Å². The molecule has 2 aromatic rings. The molecule has 0 aliphatic carbocycles. The first-order valence-electron chi connectivity index (χ1n) is 8.30. The van der Waals surface area contributed by atoms with Gasteiger partial charge in [-0.1, -0.05) is 6.08 Å².